The summed E-state index contributed by atoms with van der Waals surface area (Å²) in [5.41, 5.74) is 3.11. The lowest BCUT2D eigenvalue weighted by atomic mass is 10.2. The highest BCUT2D eigenvalue weighted by Crippen LogP contribution is 2.17. The zero-order valence-corrected chi connectivity index (χ0v) is 13.8. The standard InChI is InChI=1S/C17H16ClN5O/c1-23-16(15-7-2-3-8-19-15)10-14(22-23)11-20-17(24)21-13-6-4-5-12(18)9-13/h2-10H,11H2,1H3,(H2,20,21,24). The molecule has 0 aliphatic heterocycles. The minimum atomic E-state index is -0.317. The first kappa shape index (κ1) is 16.0. The number of nitrogens with zero attached hydrogens (tertiary/aromatic N) is 3. The van der Waals surface area contributed by atoms with Gasteiger partial charge in [-0.2, -0.15) is 5.10 Å². The van der Waals surface area contributed by atoms with Gasteiger partial charge in [0.2, 0.25) is 0 Å². The molecule has 0 saturated heterocycles. The fourth-order valence-corrected chi connectivity index (χ4v) is 2.47. The van der Waals surface area contributed by atoms with Gasteiger partial charge in [-0.3, -0.25) is 9.67 Å². The third-order valence-electron chi connectivity index (χ3n) is 3.37. The summed E-state index contributed by atoms with van der Waals surface area (Å²) >= 11 is 5.89. The predicted octanol–water partition coefficient (Wildman–Crippen LogP) is 3.46. The number of benzene rings is 1. The van der Waals surface area contributed by atoms with Gasteiger partial charge in [0.05, 0.1) is 23.6 Å². The van der Waals surface area contributed by atoms with E-state index in [-0.39, 0.29) is 6.03 Å². The largest absolute Gasteiger partial charge is 0.332 e. The number of nitrogens with one attached hydrogen (secondary N) is 2. The molecule has 0 unspecified atom stereocenters. The van der Waals surface area contributed by atoms with Gasteiger partial charge < -0.3 is 10.6 Å². The normalized spacial score (nSPS) is 10.4. The van der Waals surface area contributed by atoms with Crippen LogP contribution < -0.4 is 10.6 Å². The maximum Gasteiger partial charge on any atom is 0.319 e. The number of aryl methyl sites for hydroxylation is 1. The van der Waals surface area contributed by atoms with Gasteiger partial charge in [0.15, 0.2) is 0 Å². The third kappa shape index (κ3) is 3.91. The first-order chi connectivity index (χ1) is 11.6. The molecule has 24 heavy (non-hydrogen) atoms. The Morgan fingerprint density at radius 3 is 2.83 bits per heavy atom. The van der Waals surface area contributed by atoms with E-state index >= 15 is 0 Å². The van der Waals surface area contributed by atoms with Crippen molar-refractivity contribution in [2.45, 2.75) is 6.54 Å². The minimum Gasteiger partial charge on any atom is -0.332 e. The number of amides is 2. The van der Waals surface area contributed by atoms with Crippen LogP contribution in [0.2, 0.25) is 5.02 Å². The Morgan fingerprint density at radius 2 is 2.08 bits per heavy atom. The van der Waals surface area contributed by atoms with Crippen molar-refractivity contribution >= 4 is 23.3 Å². The summed E-state index contributed by atoms with van der Waals surface area (Å²) in [6, 6.07) is 14.3. The van der Waals surface area contributed by atoms with Gasteiger partial charge in [0.1, 0.15) is 0 Å². The number of hydrogen-bond acceptors (Lipinski definition) is 3. The molecule has 0 atom stereocenters. The highest BCUT2D eigenvalue weighted by molar-refractivity contribution is 6.30. The summed E-state index contributed by atoms with van der Waals surface area (Å²) in [4.78, 5) is 16.3. The van der Waals surface area contributed by atoms with Gasteiger partial charge in [-0.05, 0) is 36.4 Å². The second-order valence-electron chi connectivity index (χ2n) is 5.18. The van der Waals surface area contributed by atoms with Crippen molar-refractivity contribution in [2.75, 3.05) is 5.32 Å². The molecular formula is C17H16ClN5O. The fourth-order valence-electron chi connectivity index (χ4n) is 2.28. The molecule has 0 radical (unpaired) electrons. The molecule has 0 aliphatic rings. The molecule has 2 heterocycles. The number of anilines is 1. The number of rotatable bonds is 4. The van der Waals surface area contributed by atoms with E-state index in [0.29, 0.717) is 17.3 Å². The molecule has 0 fully saturated rings. The molecule has 7 heteroatoms. The van der Waals surface area contributed by atoms with Crippen LogP contribution in [0, 0.1) is 0 Å². The highest BCUT2D eigenvalue weighted by Gasteiger charge is 2.09. The number of aromatic nitrogens is 3. The molecule has 0 saturated carbocycles. The third-order valence-corrected chi connectivity index (χ3v) is 3.61. The average molecular weight is 342 g/mol. The Morgan fingerprint density at radius 1 is 1.21 bits per heavy atom. The Hall–Kier alpha value is -2.86. The van der Waals surface area contributed by atoms with Crippen LogP contribution in [0.25, 0.3) is 11.4 Å². The van der Waals surface area contributed by atoms with Gasteiger partial charge in [0, 0.05) is 24.0 Å². The molecular weight excluding hydrogens is 326 g/mol. The SMILES string of the molecule is Cn1nc(CNC(=O)Nc2cccc(Cl)c2)cc1-c1ccccn1. The van der Waals surface area contributed by atoms with Gasteiger partial charge in [-0.1, -0.05) is 23.7 Å². The molecule has 0 spiro atoms. The molecule has 1 aromatic carbocycles. The average Bonchev–Trinajstić information content (AvgIpc) is 2.95. The maximum absolute atomic E-state index is 11.9. The van der Waals surface area contributed by atoms with Crippen LogP contribution in [-0.4, -0.2) is 20.8 Å². The number of halogens is 1. The number of urea groups is 1. The van der Waals surface area contributed by atoms with E-state index in [0.717, 1.165) is 17.1 Å². The van der Waals surface area contributed by atoms with Crippen LogP contribution in [0.3, 0.4) is 0 Å². The second-order valence-corrected chi connectivity index (χ2v) is 5.61. The van der Waals surface area contributed by atoms with E-state index in [4.69, 9.17) is 11.6 Å². The molecule has 3 aromatic rings. The zero-order chi connectivity index (χ0) is 16.9. The lowest BCUT2D eigenvalue weighted by Crippen LogP contribution is -2.28. The van der Waals surface area contributed by atoms with Crippen molar-refractivity contribution in [1.29, 1.82) is 0 Å². The predicted molar refractivity (Wildman–Crippen MR) is 93.7 cm³/mol. The molecule has 3 rings (SSSR count). The second kappa shape index (κ2) is 7.14. The lowest BCUT2D eigenvalue weighted by molar-refractivity contribution is 0.251. The number of carbonyl (C=O) groups excluding carboxylic acids is 1. The monoisotopic (exact) mass is 341 g/mol. The van der Waals surface area contributed by atoms with Crippen LogP contribution in [0.1, 0.15) is 5.69 Å². The molecule has 0 aliphatic carbocycles. The quantitative estimate of drug-likeness (QED) is 0.763. The molecule has 2 aromatic heterocycles. The van der Waals surface area contributed by atoms with E-state index in [1.807, 2.05) is 31.3 Å². The van der Waals surface area contributed by atoms with Crippen molar-refractivity contribution < 1.29 is 4.79 Å². The van der Waals surface area contributed by atoms with Crippen LogP contribution in [-0.2, 0) is 13.6 Å². The molecule has 122 valence electrons. The van der Waals surface area contributed by atoms with Gasteiger partial charge >= 0.3 is 6.03 Å². The first-order valence-corrected chi connectivity index (χ1v) is 7.74. The Labute approximate surface area is 144 Å². The summed E-state index contributed by atoms with van der Waals surface area (Å²) in [5.74, 6) is 0. The van der Waals surface area contributed by atoms with Crippen molar-refractivity contribution in [2.24, 2.45) is 7.05 Å². The summed E-state index contributed by atoms with van der Waals surface area (Å²) in [5, 5.41) is 10.5. The molecule has 2 N–H and O–H groups in total. The van der Waals surface area contributed by atoms with Gasteiger partial charge in [0.25, 0.3) is 0 Å². The van der Waals surface area contributed by atoms with E-state index < -0.39 is 0 Å². The van der Waals surface area contributed by atoms with E-state index in [9.17, 15) is 4.79 Å². The van der Waals surface area contributed by atoms with E-state index in [1.165, 1.54) is 0 Å². The highest BCUT2D eigenvalue weighted by atomic mass is 35.5. The van der Waals surface area contributed by atoms with Crippen LogP contribution in [0.15, 0.2) is 54.7 Å². The Kier molecular flexibility index (Phi) is 4.77. The number of hydrogen-bond donors (Lipinski definition) is 2. The lowest BCUT2D eigenvalue weighted by Gasteiger charge is -2.06. The van der Waals surface area contributed by atoms with Crippen molar-refractivity contribution in [3.63, 3.8) is 0 Å². The van der Waals surface area contributed by atoms with Crippen molar-refractivity contribution in [1.82, 2.24) is 20.1 Å². The summed E-state index contributed by atoms with van der Waals surface area (Å²) < 4.78 is 1.74. The number of carbonyl (C=O) groups is 1. The summed E-state index contributed by atoms with van der Waals surface area (Å²) in [6.45, 7) is 0.313. The maximum atomic E-state index is 11.9. The molecule has 0 bridgehead atoms. The minimum absolute atomic E-state index is 0.313. The van der Waals surface area contributed by atoms with E-state index in [1.54, 1.807) is 35.1 Å². The van der Waals surface area contributed by atoms with Gasteiger partial charge in [-0.25, -0.2) is 4.79 Å². The zero-order valence-electron chi connectivity index (χ0n) is 13.0. The van der Waals surface area contributed by atoms with Crippen molar-refractivity contribution in [3.05, 3.63) is 65.4 Å². The van der Waals surface area contributed by atoms with Gasteiger partial charge in [-0.15, -0.1) is 0 Å². The van der Waals surface area contributed by atoms with Crippen LogP contribution >= 0.6 is 11.6 Å². The van der Waals surface area contributed by atoms with Crippen molar-refractivity contribution in [3.8, 4) is 11.4 Å². The smallest absolute Gasteiger partial charge is 0.319 e. The summed E-state index contributed by atoms with van der Waals surface area (Å²) in [6.07, 6.45) is 1.73. The van der Waals surface area contributed by atoms with E-state index in [2.05, 4.69) is 20.7 Å². The fraction of sp³-hybridized carbons (Fsp3) is 0.118. The Balaban J connectivity index is 1.62. The first-order valence-electron chi connectivity index (χ1n) is 7.36. The number of pyridine rings is 1. The topological polar surface area (TPSA) is 71.8 Å². The Bertz CT molecular complexity index is 847. The van der Waals surface area contributed by atoms with Crippen LogP contribution in [0.5, 0.6) is 0 Å². The molecule has 2 amide bonds. The summed E-state index contributed by atoms with van der Waals surface area (Å²) in [7, 11) is 1.85. The molecule has 6 nitrogen and oxygen atoms in total. The van der Waals surface area contributed by atoms with Crippen LogP contribution in [0.4, 0.5) is 10.5 Å².